The van der Waals surface area contributed by atoms with Crippen LogP contribution >= 0.6 is 11.6 Å². The lowest BCUT2D eigenvalue weighted by atomic mass is 9.97. The summed E-state index contributed by atoms with van der Waals surface area (Å²) >= 11 is 6.50. The van der Waals surface area contributed by atoms with Crippen molar-refractivity contribution >= 4 is 17.6 Å². The first-order valence-corrected chi connectivity index (χ1v) is 7.68. The third kappa shape index (κ3) is 5.32. The maximum absolute atomic E-state index is 11.9. The Bertz CT molecular complexity index is 520. The van der Waals surface area contributed by atoms with Gasteiger partial charge in [-0.2, -0.15) is 5.26 Å². The van der Waals surface area contributed by atoms with Gasteiger partial charge in [-0.15, -0.1) is 11.6 Å². The van der Waals surface area contributed by atoms with Gasteiger partial charge in [0.25, 0.3) is 0 Å². The van der Waals surface area contributed by atoms with Crippen molar-refractivity contribution < 1.29 is 9.53 Å². The molecule has 0 spiro atoms. The molecule has 120 valence electrons. The van der Waals surface area contributed by atoms with Crippen LogP contribution in [0.2, 0.25) is 0 Å². The lowest BCUT2D eigenvalue weighted by Crippen LogP contribution is -2.40. The molecule has 0 aliphatic rings. The van der Waals surface area contributed by atoms with E-state index in [1.807, 2.05) is 37.3 Å². The lowest BCUT2D eigenvalue weighted by molar-refractivity contribution is -0.158. The van der Waals surface area contributed by atoms with Gasteiger partial charge in [-0.1, -0.05) is 30.3 Å². The first-order chi connectivity index (χ1) is 10.3. The summed E-state index contributed by atoms with van der Waals surface area (Å²) in [4.78, 5) is 13.6. The normalized spacial score (nSPS) is 14.2. The molecule has 4 nitrogen and oxygen atoms in total. The molecule has 0 fully saturated rings. The van der Waals surface area contributed by atoms with Crippen molar-refractivity contribution in [2.45, 2.75) is 39.1 Å². The van der Waals surface area contributed by atoms with Gasteiger partial charge in [0.1, 0.15) is 6.73 Å². The van der Waals surface area contributed by atoms with E-state index in [1.165, 1.54) is 0 Å². The van der Waals surface area contributed by atoms with E-state index in [0.717, 1.165) is 5.56 Å². The molecule has 0 N–H and O–H groups in total. The highest BCUT2D eigenvalue weighted by Gasteiger charge is 2.27. The highest BCUT2D eigenvalue weighted by molar-refractivity contribution is 6.21. The number of benzene rings is 1. The summed E-state index contributed by atoms with van der Waals surface area (Å²) in [5, 5.41) is 8.70. The molecule has 1 rings (SSSR count). The number of halogens is 1. The Labute approximate surface area is 137 Å². The zero-order chi connectivity index (χ0) is 16.8. The van der Waals surface area contributed by atoms with Crippen molar-refractivity contribution in [3.05, 3.63) is 35.9 Å². The van der Waals surface area contributed by atoms with E-state index in [4.69, 9.17) is 21.6 Å². The van der Waals surface area contributed by atoms with Gasteiger partial charge in [-0.3, -0.25) is 9.69 Å². The highest BCUT2D eigenvalue weighted by Crippen LogP contribution is 2.27. The average Bonchev–Trinajstić information content (AvgIpc) is 2.49. The van der Waals surface area contributed by atoms with Gasteiger partial charge in [0.15, 0.2) is 0 Å². The molecular formula is C17H23ClN2O2. The molecule has 5 heteroatoms. The van der Waals surface area contributed by atoms with Crippen LogP contribution in [-0.2, 0) is 9.53 Å². The van der Waals surface area contributed by atoms with E-state index >= 15 is 0 Å². The second kappa shape index (κ2) is 8.17. The van der Waals surface area contributed by atoms with Crippen LogP contribution in [0.15, 0.2) is 30.3 Å². The van der Waals surface area contributed by atoms with Gasteiger partial charge in [0, 0.05) is 6.04 Å². The molecule has 1 aromatic rings. The van der Waals surface area contributed by atoms with E-state index in [9.17, 15) is 4.79 Å². The third-order valence-corrected chi connectivity index (χ3v) is 3.98. The molecule has 0 amide bonds. The topological polar surface area (TPSA) is 53.3 Å². The van der Waals surface area contributed by atoms with Gasteiger partial charge in [-0.05, 0) is 33.3 Å². The number of ether oxygens (including phenoxy) is 1. The average molecular weight is 323 g/mol. The lowest BCUT2D eigenvalue weighted by Gasteiger charge is -2.30. The summed E-state index contributed by atoms with van der Waals surface area (Å²) in [6, 6.07) is 11.6. The molecule has 0 unspecified atom stereocenters. The van der Waals surface area contributed by atoms with Crippen LogP contribution in [0.4, 0.5) is 0 Å². The standard InChI is InChI=1S/C17H23ClN2O2/c1-13(15(18)14-8-6-5-7-9-14)20(11-10-19)12-22-16(21)17(2,3)4/h5-9,13,15H,11-12H2,1-4H3/t13-,15-/m0/s1. The number of carbonyl (C=O) groups is 1. The molecule has 0 radical (unpaired) electrons. The first kappa shape index (κ1) is 18.5. The monoisotopic (exact) mass is 322 g/mol. The quantitative estimate of drug-likeness (QED) is 0.346. The zero-order valence-electron chi connectivity index (χ0n) is 13.5. The van der Waals surface area contributed by atoms with Crippen LogP contribution < -0.4 is 0 Å². The Kier molecular flexibility index (Phi) is 6.86. The molecule has 0 heterocycles. The smallest absolute Gasteiger partial charge is 0.312 e. The Morgan fingerprint density at radius 2 is 1.95 bits per heavy atom. The van der Waals surface area contributed by atoms with Crippen molar-refractivity contribution in [2.75, 3.05) is 13.3 Å². The number of hydrogen-bond acceptors (Lipinski definition) is 4. The Morgan fingerprint density at radius 1 is 1.36 bits per heavy atom. The molecule has 1 aromatic carbocycles. The number of alkyl halides is 1. The predicted molar refractivity (Wildman–Crippen MR) is 87.2 cm³/mol. The van der Waals surface area contributed by atoms with Crippen molar-refractivity contribution in [1.82, 2.24) is 4.90 Å². The SMILES string of the molecule is C[C@@H]([C@H](Cl)c1ccccc1)N(CC#N)COC(=O)C(C)(C)C. The van der Waals surface area contributed by atoms with E-state index in [1.54, 1.807) is 25.7 Å². The number of hydrogen-bond donors (Lipinski definition) is 0. The summed E-state index contributed by atoms with van der Waals surface area (Å²) in [7, 11) is 0. The predicted octanol–water partition coefficient (Wildman–Crippen LogP) is 3.73. The summed E-state index contributed by atoms with van der Waals surface area (Å²) in [6.07, 6.45) is 0. The van der Waals surface area contributed by atoms with E-state index < -0.39 is 5.41 Å². The minimum absolute atomic E-state index is 0.0564. The molecule has 2 atom stereocenters. The molecule has 0 saturated heterocycles. The summed E-state index contributed by atoms with van der Waals surface area (Å²) < 4.78 is 5.31. The van der Waals surface area contributed by atoms with Crippen LogP contribution in [0, 0.1) is 16.7 Å². The fourth-order valence-corrected chi connectivity index (χ4v) is 2.16. The van der Waals surface area contributed by atoms with Gasteiger partial charge >= 0.3 is 5.97 Å². The Morgan fingerprint density at radius 3 is 2.45 bits per heavy atom. The van der Waals surface area contributed by atoms with Crippen molar-refractivity contribution in [3.8, 4) is 6.07 Å². The number of rotatable bonds is 6. The Hall–Kier alpha value is -1.57. The third-order valence-electron chi connectivity index (χ3n) is 3.37. The maximum atomic E-state index is 11.9. The van der Waals surface area contributed by atoms with E-state index in [-0.39, 0.29) is 30.7 Å². The second-order valence-corrected chi connectivity index (χ2v) is 6.74. The number of nitrogens with zero attached hydrogens (tertiary/aromatic N) is 2. The molecule has 0 aliphatic carbocycles. The van der Waals surface area contributed by atoms with Gasteiger partial charge in [0.05, 0.1) is 23.4 Å². The van der Waals surface area contributed by atoms with Crippen LogP contribution in [0.25, 0.3) is 0 Å². The summed E-state index contributed by atoms with van der Waals surface area (Å²) in [5.74, 6) is -0.298. The molecule has 0 bridgehead atoms. The molecule has 22 heavy (non-hydrogen) atoms. The zero-order valence-corrected chi connectivity index (χ0v) is 14.3. The summed E-state index contributed by atoms with van der Waals surface area (Å²) in [5.41, 5.74) is 0.406. The van der Waals surface area contributed by atoms with E-state index in [2.05, 4.69) is 6.07 Å². The van der Waals surface area contributed by atoms with Gasteiger partial charge < -0.3 is 4.74 Å². The van der Waals surface area contributed by atoms with Gasteiger partial charge in [0.2, 0.25) is 0 Å². The summed E-state index contributed by atoms with van der Waals surface area (Å²) in [6.45, 7) is 7.51. The minimum atomic E-state index is -0.568. The highest BCUT2D eigenvalue weighted by atomic mass is 35.5. The first-order valence-electron chi connectivity index (χ1n) is 7.24. The van der Waals surface area contributed by atoms with Crippen LogP contribution in [0.5, 0.6) is 0 Å². The van der Waals surface area contributed by atoms with Crippen molar-refractivity contribution in [3.63, 3.8) is 0 Å². The van der Waals surface area contributed by atoms with E-state index in [0.29, 0.717) is 0 Å². The number of esters is 1. The molecule has 0 aliphatic heterocycles. The number of carbonyl (C=O) groups excluding carboxylic acids is 1. The Balaban J connectivity index is 2.74. The molecule has 0 saturated carbocycles. The van der Waals surface area contributed by atoms with Crippen molar-refractivity contribution in [2.24, 2.45) is 5.41 Å². The fourth-order valence-electron chi connectivity index (χ4n) is 1.86. The van der Waals surface area contributed by atoms with Crippen molar-refractivity contribution in [1.29, 1.82) is 5.26 Å². The molecular weight excluding hydrogens is 300 g/mol. The van der Waals surface area contributed by atoms with Crippen LogP contribution in [-0.4, -0.2) is 30.2 Å². The van der Waals surface area contributed by atoms with Crippen LogP contribution in [0.3, 0.4) is 0 Å². The van der Waals surface area contributed by atoms with Gasteiger partial charge in [-0.25, -0.2) is 0 Å². The van der Waals surface area contributed by atoms with Crippen LogP contribution in [0.1, 0.15) is 38.6 Å². The number of nitriles is 1. The second-order valence-electron chi connectivity index (χ2n) is 6.27. The largest absolute Gasteiger partial charge is 0.449 e. The molecule has 0 aromatic heterocycles. The fraction of sp³-hybridized carbons (Fsp3) is 0.529. The maximum Gasteiger partial charge on any atom is 0.312 e. The minimum Gasteiger partial charge on any atom is -0.449 e.